The fourth-order valence-corrected chi connectivity index (χ4v) is 2.87. The molecule has 2 aromatic rings. The SMILES string of the molecule is CC1Cc2cc3c(cc2C(C=Cc2ccccc2)=NN1)OCO3. The van der Waals surface area contributed by atoms with Crippen molar-refractivity contribution >= 4 is 11.8 Å². The molecular formula is C19H18N2O2. The van der Waals surface area contributed by atoms with Crippen LogP contribution in [0.2, 0.25) is 0 Å². The Kier molecular flexibility index (Phi) is 3.50. The van der Waals surface area contributed by atoms with Crippen LogP contribution in [0.5, 0.6) is 11.5 Å². The Morgan fingerprint density at radius 2 is 1.87 bits per heavy atom. The van der Waals surface area contributed by atoms with E-state index in [2.05, 4.69) is 41.7 Å². The molecule has 4 heteroatoms. The molecule has 4 nitrogen and oxygen atoms in total. The number of hydrazone groups is 1. The van der Waals surface area contributed by atoms with Crippen LogP contribution in [0, 0.1) is 0 Å². The molecule has 1 unspecified atom stereocenters. The summed E-state index contributed by atoms with van der Waals surface area (Å²) in [5, 5.41) is 4.57. The van der Waals surface area contributed by atoms with Crippen LogP contribution in [0.25, 0.3) is 6.08 Å². The van der Waals surface area contributed by atoms with Crippen molar-refractivity contribution in [2.24, 2.45) is 5.10 Å². The summed E-state index contributed by atoms with van der Waals surface area (Å²) in [7, 11) is 0. The van der Waals surface area contributed by atoms with E-state index in [1.807, 2.05) is 30.3 Å². The first-order valence-electron chi connectivity index (χ1n) is 7.79. The van der Waals surface area contributed by atoms with Crippen molar-refractivity contribution in [3.8, 4) is 11.5 Å². The second-order valence-electron chi connectivity index (χ2n) is 5.84. The van der Waals surface area contributed by atoms with Crippen molar-refractivity contribution < 1.29 is 9.47 Å². The van der Waals surface area contributed by atoms with Crippen LogP contribution in [-0.2, 0) is 6.42 Å². The number of rotatable bonds is 2. The Labute approximate surface area is 135 Å². The average Bonchev–Trinajstić information content (AvgIpc) is 2.96. The topological polar surface area (TPSA) is 42.9 Å². The summed E-state index contributed by atoms with van der Waals surface area (Å²) < 4.78 is 11.0. The Morgan fingerprint density at radius 1 is 1.09 bits per heavy atom. The Balaban J connectivity index is 1.74. The molecule has 1 N–H and O–H groups in total. The molecule has 0 aliphatic carbocycles. The number of fused-ring (bicyclic) bond motifs is 2. The largest absolute Gasteiger partial charge is 0.454 e. The van der Waals surface area contributed by atoms with Crippen LogP contribution >= 0.6 is 0 Å². The van der Waals surface area contributed by atoms with E-state index in [1.165, 1.54) is 5.56 Å². The number of allylic oxidation sites excluding steroid dienone is 1. The minimum Gasteiger partial charge on any atom is -0.454 e. The van der Waals surface area contributed by atoms with Crippen molar-refractivity contribution in [2.45, 2.75) is 19.4 Å². The molecule has 2 aliphatic heterocycles. The number of benzene rings is 2. The average molecular weight is 306 g/mol. The fraction of sp³-hybridized carbons (Fsp3) is 0.211. The summed E-state index contributed by atoms with van der Waals surface area (Å²) in [5.41, 5.74) is 7.59. The lowest BCUT2D eigenvalue weighted by Gasteiger charge is -2.10. The molecule has 0 spiro atoms. The quantitative estimate of drug-likeness (QED) is 0.925. The highest BCUT2D eigenvalue weighted by atomic mass is 16.7. The molecule has 0 fully saturated rings. The fourth-order valence-electron chi connectivity index (χ4n) is 2.87. The van der Waals surface area contributed by atoms with Crippen LogP contribution in [0.4, 0.5) is 0 Å². The van der Waals surface area contributed by atoms with Gasteiger partial charge in [0.1, 0.15) is 0 Å². The van der Waals surface area contributed by atoms with Crippen molar-refractivity contribution in [2.75, 3.05) is 6.79 Å². The van der Waals surface area contributed by atoms with Gasteiger partial charge in [0.15, 0.2) is 11.5 Å². The first-order valence-corrected chi connectivity index (χ1v) is 7.79. The van der Waals surface area contributed by atoms with E-state index in [0.29, 0.717) is 6.79 Å². The van der Waals surface area contributed by atoms with Gasteiger partial charge in [0, 0.05) is 11.6 Å². The van der Waals surface area contributed by atoms with Crippen LogP contribution in [0.3, 0.4) is 0 Å². The molecule has 4 rings (SSSR count). The Hall–Kier alpha value is -2.75. The summed E-state index contributed by atoms with van der Waals surface area (Å²) in [6, 6.07) is 14.6. The van der Waals surface area contributed by atoms with Crippen LogP contribution in [0.1, 0.15) is 23.6 Å². The maximum atomic E-state index is 5.52. The Morgan fingerprint density at radius 3 is 2.70 bits per heavy atom. The van der Waals surface area contributed by atoms with E-state index in [0.717, 1.165) is 34.8 Å². The van der Waals surface area contributed by atoms with Gasteiger partial charge >= 0.3 is 0 Å². The second kappa shape index (κ2) is 5.80. The van der Waals surface area contributed by atoms with Gasteiger partial charge in [-0.2, -0.15) is 5.10 Å². The third-order valence-electron chi connectivity index (χ3n) is 4.04. The van der Waals surface area contributed by atoms with Gasteiger partial charge in [-0.15, -0.1) is 0 Å². The summed E-state index contributed by atoms with van der Waals surface area (Å²) in [6.45, 7) is 2.42. The van der Waals surface area contributed by atoms with Crippen molar-refractivity contribution in [1.29, 1.82) is 0 Å². The van der Waals surface area contributed by atoms with Crippen LogP contribution in [-0.4, -0.2) is 18.5 Å². The standard InChI is InChI=1S/C19H18N2O2/c1-13-9-15-10-18-19(23-12-22-18)11-16(15)17(21-20-13)8-7-14-5-3-2-4-6-14/h2-8,10-11,13,20H,9,12H2,1H3. The van der Waals surface area contributed by atoms with Gasteiger partial charge < -0.3 is 14.9 Å². The van der Waals surface area contributed by atoms with Gasteiger partial charge in [-0.25, -0.2) is 0 Å². The first kappa shape index (κ1) is 13.9. The van der Waals surface area contributed by atoms with Crippen LogP contribution < -0.4 is 14.9 Å². The van der Waals surface area contributed by atoms with Crippen molar-refractivity contribution in [3.63, 3.8) is 0 Å². The zero-order valence-electron chi connectivity index (χ0n) is 13.0. The lowest BCUT2D eigenvalue weighted by atomic mass is 9.97. The van der Waals surface area contributed by atoms with Crippen molar-refractivity contribution in [1.82, 2.24) is 5.43 Å². The van der Waals surface area contributed by atoms with E-state index in [-0.39, 0.29) is 6.04 Å². The number of hydrogen-bond acceptors (Lipinski definition) is 4. The molecule has 1 atom stereocenters. The number of nitrogens with zero attached hydrogens (tertiary/aromatic N) is 1. The number of ether oxygens (including phenoxy) is 2. The molecule has 0 aromatic heterocycles. The minimum atomic E-state index is 0.275. The summed E-state index contributed by atoms with van der Waals surface area (Å²) in [5.74, 6) is 1.61. The summed E-state index contributed by atoms with van der Waals surface area (Å²) >= 11 is 0. The predicted molar refractivity (Wildman–Crippen MR) is 90.9 cm³/mol. The zero-order chi connectivity index (χ0) is 15.6. The van der Waals surface area contributed by atoms with Gasteiger partial charge in [-0.1, -0.05) is 36.4 Å². The highest BCUT2D eigenvalue weighted by Crippen LogP contribution is 2.36. The molecule has 0 saturated heterocycles. The normalized spacial score (nSPS) is 19.0. The Bertz CT molecular complexity index is 781. The third kappa shape index (κ3) is 2.80. The van der Waals surface area contributed by atoms with Gasteiger partial charge in [0.2, 0.25) is 6.79 Å². The molecule has 0 saturated carbocycles. The van der Waals surface area contributed by atoms with Gasteiger partial charge in [-0.05, 0) is 42.7 Å². The highest BCUT2D eigenvalue weighted by Gasteiger charge is 2.22. The van der Waals surface area contributed by atoms with E-state index in [9.17, 15) is 0 Å². The maximum absolute atomic E-state index is 5.52. The van der Waals surface area contributed by atoms with Gasteiger partial charge in [0.05, 0.1) is 5.71 Å². The lowest BCUT2D eigenvalue weighted by Crippen LogP contribution is -2.21. The van der Waals surface area contributed by atoms with Gasteiger partial charge in [0.25, 0.3) is 0 Å². The maximum Gasteiger partial charge on any atom is 0.231 e. The molecule has 2 aromatic carbocycles. The zero-order valence-corrected chi connectivity index (χ0v) is 13.0. The molecule has 2 heterocycles. The summed E-state index contributed by atoms with van der Waals surface area (Å²) in [6.07, 6.45) is 5.02. The third-order valence-corrected chi connectivity index (χ3v) is 4.04. The second-order valence-corrected chi connectivity index (χ2v) is 5.84. The number of nitrogens with one attached hydrogen (secondary N) is 1. The lowest BCUT2D eigenvalue weighted by molar-refractivity contribution is 0.174. The molecule has 0 radical (unpaired) electrons. The first-order chi connectivity index (χ1) is 11.3. The molecule has 0 amide bonds. The highest BCUT2D eigenvalue weighted by molar-refractivity contribution is 6.12. The van der Waals surface area contributed by atoms with E-state index in [1.54, 1.807) is 0 Å². The van der Waals surface area contributed by atoms with E-state index < -0.39 is 0 Å². The van der Waals surface area contributed by atoms with E-state index >= 15 is 0 Å². The molecule has 2 aliphatic rings. The minimum absolute atomic E-state index is 0.275. The van der Waals surface area contributed by atoms with E-state index in [4.69, 9.17) is 9.47 Å². The molecule has 0 bridgehead atoms. The van der Waals surface area contributed by atoms with Crippen LogP contribution in [0.15, 0.2) is 53.6 Å². The van der Waals surface area contributed by atoms with Crippen molar-refractivity contribution in [3.05, 3.63) is 65.2 Å². The summed E-state index contributed by atoms with van der Waals surface area (Å²) in [4.78, 5) is 0. The molecular weight excluding hydrogens is 288 g/mol. The molecule has 23 heavy (non-hydrogen) atoms. The van der Waals surface area contributed by atoms with Gasteiger partial charge in [-0.3, -0.25) is 0 Å². The predicted octanol–water partition coefficient (Wildman–Crippen LogP) is 3.37. The molecule has 116 valence electrons. The monoisotopic (exact) mass is 306 g/mol. The smallest absolute Gasteiger partial charge is 0.231 e. The number of hydrogen-bond donors (Lipinski definition) is 1.